The summed E-state index contributed by atoms with van der Waals surface area (Å²) in [6.45, 7) is 22.1. The zero-order chi connectivity index (χ0) is 28.1. The number of carbonyl (C=O) groups excluding carboxylic acids is 4. The van der Waals surface area contributed by atoms with Gasteiger partial charge in [-0.2, -0.15) is 0 Å². The van der Waals surface area contributed by atoms with Crippen molar-refractivity contribution in [3.8, 4) is 0 Å². The highest BCUT2D eigenvalue weighted by atomic mass is 16.4. The Hall–Kier alpha value is -2.64. The second-order valence-electron chi connectivity index (χ2n) is 13.1. The summed E-state index contributed by atoms with van der Waals surface area (Å²) in [7, 11) is 0. The molecule has 0 aromatic carbocycles. The molecule has 0 aromatic rings. The van der Waals surface area contributed by atoms with E-state index >= 15 is 0 Å². The van der Waals surface area contributed by atoms with E-state index in [-0.39, 0.29) is 37.5 Å². The minimum absolute atomic E-state index is 0.263. The van der Waals surface area contributed by atoms with Crippen LogP contribution in [0.4, 0.5) is 0 Å². The zero-order valence-electron chi connectivity index (χ0n) is 23.1. The summed E-state index contributed by atoms with van der Waals surface area (Å²) in [5.41, 5.74) is -4.83. The molecule has 0 aromatic heterocycles. The van der Waals surface area contributed by atoms with E-state index in [1.54, 1.807) is 9.80 Å². The van der Waals surface area contributed by atoms with Crippen LogP contribution < -0.4 is 10.2 Å². The molecule has 0 atom stereocenters. The van der Waals surface area contributed by atoms with Gasteiger partial charge in [0.15, 0.2) is 0 Å². The van der Waals surface area contributed by atoms with Crippen LogP contribution >= 0.6 is 0 Å². The van der Waals surface area contributed by atoms with Gasteiger partial charge in [-0.25, -0.2) is 0 Å². The molecule has 36 heavy (non-hydrogen) atoms. The first-order valence-electron chi connectivity index (χ1n) is 12.5. The monoisotopic (exact) mass is 502 g/mol. The number of hydrogen-bond acceptors (Lipinski definition) is 6. The molecule has 2 amide bonds. The number of amides is 2. The van der Waals surface area contributed by atoms with E-state index in [4.69, 9.17) is 0 Å². The Bertz CT molecular complexity index is 865. The Kier molecular flexibility index (Phi) is 7.68. The van der Waals surface area contributed by atoms with E-state index in [0.717, 1.165) is 0 Å². The molecule has 2 rings (SSSR count). The molecule has 0 N–H and O–H groups in total. The van der Waals surface area contributed by atoms with Gasteiger partial charge in [-0.3, -0.25) is 9.59 Å². The summed E-state index contributed by atoms with van der Waals surface area (Å²) in [4.78, 5) is 54.3. The van der Waals surface area contributed by atoms with Crippen molar-refractivity contribution in [1.82, 2.24) is 9.80 Å². The van der Waals surface area contributed by atoms with Crippen LogP contribution in [0.2, 0.25) is 0 Å². The third-order valence-corrected chi connectivity index (χ3v) is 8.47. The maximum Gasteiger partial charge on any atom is 0.246 e. The lowest BCUT2D eigenvalue weighted by Crippen LogP contribution is -2.69. The zero-order valence-corrected chi connectivity index (χ0v) is 23.1. The van der Waals surface area contributed by atoms with Crippen molar-refractivity contribution in [3.63, 3.8) is 0 Å². The van der Waals surface area contributed by atoms with E-state index in [1.165, 1.54) is 12.2 Å². The third-order valence-electron chi connectivity index (χ3n) is 8.47. The molecule has 2 aliphatic heterocycles. The molecule has 0 aliphatic carbocycles. The van der Waals surface area contributed by atoms with Crippen molar-refractivity contribution in [3.05, 3.63) is 25.3 Å². The van der Waals surface area contributed by atoms with E-state index in [2.05, 4.69) is 13.2 Å². The third kappa shape index (κ3) is 4.96. The first-order valence-corrected chi connectivity index (χ1v) is 12.5. The molecule has 2 fully saturated rings. The minimum atomic E-state index is -1.76. The van der Waals surface area contributed by atoms with Crippen molar-refractivity contribution in [2.75, 3.05) is 0 Å². The Morgan fingerprint density at radius 1 is 0.722 bits per heavy atom. The summed E-state index contributed by atoms with van der Waals surface area (Å²) in [5.74, 6) is -4.64. The maximum absolute atomic E-state index is 13.1. The van der Waals surface area contributed by atoms with Gasteiger partial charge in [0.25, 0.3) is 0 Å². The fourth-order valence-corrected chi connectivity index (χ4v) is 7.93. The Morgan fingerprint density at radius 3 is 1.19 bits per heavy atom. The average molecular weight is 503 g/mol. The van der Waals surface area contributed by atoms with Crippen LogP contribution in [0.1, 0.15) is 87.5 Å². The second kappa shape index (κ2) is 9.34. The van der Waals surface area contributed by atoms with Gasteiger partial charge in [0.1, 0.15) is 0 Å². The van der Waals surface area contributed by atoms with Crippen LogP contribution in [-0.4, -0.2) is 55.7 Å². The molecule has 8 nitrogen and oxygen atoms in total. The molecule has 0 radical (unpaired) electrons. The Morgan fingerprint density at radius 2 is 1.00 bits per heavy atom. The van der Waals surface area contributed by atoms with Crippen molar-refractivity contribution in [1.29, 1.82) is 0 Å². The standard InChI is InChI=1S/C28H44N2O6/c1-11-20(31)29-24(3,4)13-18(14-25(29,5)6)28(23(35)36,17-22(33)34)19-15-26(7,8)30(21(32)12-2)27(9,10)16-19/h11-12,18-19H,1-2,13-17H2,3-10H3,(H,33,34)(H,35,36)/p-2. The van der Waals surface area contributed by atoms with E-state index in [9.17, 15) is 29.4 Å². The number of nitrogens with zero attached hydrogens (tertiary/aromatic N) is 2. The van der Waals surface area contributed by atoms with E-state index in [0.29, 0.717) is 0 Å². The molecule has 8 heteroatoms. The molecule has 0 unspecified atom stereocenters. The van der Waals surface area contributed by atoms with Gasteiger partial charge in [-0.1, -0.05) is 13.2 Å². The van der Waals surface area contributed by atoms with Gasteiger partial charge in [-0.05, 0) is 111 Å². The smallest absolute Gasteiger partial charge is 0.246 e. The molecule has 0 bridgehead atoms. The topological polar surface area (TPSA) is 121 Å². The number of likely N-dealkylation sites (tertiary alicyclic amines) is 2. The number of carboxylic acids is 2. The normalized spacial score (nSPS) is 23.6. The highest BCUT2D eigenvalue weighted by Gasteiger charge is 2.59. The van der Waals surface area contributed by atoms with Crippen molar-refractivity contribution >= 4 is 23.8 Å². The molecular formula is C28H42N2O6-2. The summed E-state index contributed by atoms with van der Waals surface area (Å²) in [6, 6.07) is 0. The van der Waals surface area contributed by atoms with Gasteiger partial charge in [-0.15, -0.1) is 0 Å². The lowest BCUT2D eigenvalue weighted by Gasteiger charge is -2.63. The average Bonchev–Trinajstić information content (AvgIpc) is 2.67. The van der Waals surface area contributed by atoms with Gasteiger partial charge in [0.05, 0.1) is 0 Å². The largest absolute Gasteiger partial charge is 0.550 e. The minimum Gasteiger partial charge on any atom is -0.550 e. The molecule has 2 aliphatic rings. The second-order valence-corrected chi connectivity index (χ2v) is 13.1. The molecule has 2 heterocycles. The summed E-state index contributed by atoms with van der Waals surface area (Å²) >= 11 is 0. The Balaban J connectivity index is 2.72. The van der Waals surface area contributed by atoms with Gasteiger partial charge in [0, 0.05) is 39.5 Å². The fraction of sp³-hybridized carbons (Fsp3) is 0.714. The Labute approximate surface area is 215 Å². The molecular weight excluding hydrogens is 460 g/mol. The summed E-state index contributed by atoms with van der Waals surface area (Å²) < 4.78 is 0. The SMILES string of the molecule is C=CC(=O)N1C(C)(C)CC(C(CC(=O)[O-])(C(=O)[O-])C2CC(C)(C)N(C(=O)C=C)C(C)(C)C2)CC1(C)C. The lowest BCUT2D eigenvalue weighted by atomic mass is 9.52. The number of piperidine rings is 2. The highest BCUT2D eigenvalue weighted by Crippen LogP contribution is 2.57. The van der Waals surface area contributed by atoms with E-state index in [1.807, 2.05) is 55.4 Å². The number of carboxylic acid groups (broad SMARTS) is 2. The van der Waals surface area contributed by atoms with Crippen LogP contribution in [0.5, 0.6) is 0 Å². The number of aliphatic carboxylic acids is 2. The quantitative estimate of drug-likeness (QED) is 0.490. The van der Waals surface area contributed by atoms with Crippen molar-refractivity contribution < 1.29 is 29.4 Å². The lowest BCUT2D eigenvalue weighted by molar-refractivity contribution is -0.338. The van der Waals surface area contributed by atoms with Crippen LogP contribution in [-0.2, 0) is 19.2 Å². The number of rotatable bonds is 7. The molecule has 0 saturated carbocycles. The fourth-order valence-electron chi connectivity index (χ4n) is 7.93. The van der Waals surface area contributed by atoms with Gasteiger partial charge >= 0.3 is 0 Å². The molecule has 202 valence electrons. The van der Waals surface area contributed by atoms with Crippen LogP contribution in [0, 0.1) is 17.3 Å². The van der Waals surface area contributed by atoms with E-state index < -0.39 is 57.8 Å². The summed E-state index contributed by atoms with van der Waals surface area (Å²) in [6.07, 6.45) is 2.86. The first-order chi connectivity index (χ1) is 16.2. The van der Waals surface area contributed by atoms with Crippen molar-refractivity contribution in [2.24, 2.45) is 17.3 Å². The molecule has 0 spiro atoms. The maximum atomic E-state index is 13.1. The predicted octanol–water partition coefficient (Wildman–Crippen LogP) is 1.83. The van der Waals surface area contributed by atoms with Crippen molar-refractivity contribution in [2.45, 2.75) is 110 Å². The van der Waals surface area contributed by atoms with Crippen LogP contribution in [0.3, 0.4) is 0 Å². The van der Waals surface area contributed by atoms with Crippen LogP contribution in [0.25, 0.3) is 0 Å². The first kappa shape index (κ1) is 29.6. The summed E-state index contributed by atoms with van der Waals surface area (Å²) in [5, 5.41) is 25.3. The van der Waals surface area contributed by atoms with Gasteiger partial charge < -0.3 is 29.6 Å². The van der Waals surface area contributed by atoms with Gasteiger partial charge in [0.2, 0.25) is 11.8 Å². The highest BCUT2D eigenvalue weighted by molar-refractivity contribution is 5.89. The number of carbonyl (C=O) groups is 4. The molecule has 2 saturated heterocycles. The predicted molar refractivity (Wildman–Crippen MR) is 133 cm³/mol. The van der Waals surface area contributed by atoms with Crippen LogP contribution in [0.15, 0.2) is 25.3 Å². The number of hydrogen-bond donors (Lipinski definition) is 0.